The predicted octanol–water partition coefficient (Wildman–Crippen LogP) is 1.50. The standard InChI is InChI=1S/C14H22N4O3/c1-3-7-17(8-4-2)11(19)9-18-13(10-5-6-10)12(14(20)21)15-16-18/h10H,3-9H2,1-2H3,(H,20,21). The lowest BCUT2D eigenvalue weighted by Crippen LogP contribution is -2.35. The quantitative estimate of drug-likeness (QED) is 0.785. The van der Waals surface area contributed by atoms with E-state index in [0.717, 1.165) is 25.7 Å². The predicted molar refractivity (Wildman–Crippen MR) is 76.1 cm³/mol. The van der Waals surface area contributed by atoms with E-state index in [1.54, 1.807) is 4.90 Å². The van der Waals surface area contributed by atoms with Gasteiger partial charge in [-0.15, -0.1) is 5.10 Å². The fourth-order valence-corrected chi connectivity index (χ4v) is 2.48. The molecule has 1 saturated carbocycles. The molecule has 1 heterocycles. The van der Waals surface area contributed by atoms with Crippen LogP contribution >= 0.6 is 0 Å². The zero-order chi connectivity index (χ0) is 15.4. The van der Waals surface area contributed by atoms with Gasteiger partial charge in [-0.25, -0.2) is 9.48 Å². The Bertz CT molecular complexity index is 516. The van der Waals surface area contributed by atoms with Crippen molar-refractivity contribution in [3.63, 3.8) is 0 Å². The summed E-state index contributed by atoms with van der Waals surface area (Å²) < 4.78 is 1.47. The Balaban J connectivity index is 2.15. The molecule has 1 N–H and O–H groups in total. The fraction of sp³-hybridized carbons (Fsp3) is 0.714. The van der Waals surface area contributed by atoms with Crippen molar-refractivity contribution in [3.8, 4) is 0 Å². The molecule has 1 aromatic heterocycles. The maximum Gasteiger partial charge on any atom is 0.358 e. The third-order valence-corrected chi connectivity index (χ3v) is 3.56. The van der Waals surface area contributed by atoms with E-state index < -0.39 is 5.97 Å². The highest BCUT2D eigenvalue weighted by molar-refractivity contribution is 5.87. The number of rotatable bonds is 8. The first kappa shape index (κ1) is 15.5. The first-order valence-corrected chi connectivity index (χ1v) is 7.52. The first-order valence-electron chi connectivity index (χ1n) is 7.52. The Kier molecular flexibility index (Phi) is 4.93. The second-order valence-electron chi connectivity index (χ2n) is 5.44. The van der Waals surface area contributed by atoms with Gasteiger partial charge < -0.3 is 10.0 Å². The highest BCUT2D eigenvalue weighted by atomic mass is 16.4. The molecule has 7 heteroatoms. The van der Waals surface area contributed by atoms with Crippen LogP contribution in [0.5, 0.6) is 0 Å². The Hall–Kier alpha value is -1.92. The minimum absolute atomic E-state index is 0.0113. The molecule has 1 aliphatic rings. The maximum absolute atomic E-state index is 12.4. The molecule has 0 saturated heterocycles. The largest absolute Gasteiger partial charge is 0.476 e. The molecule has 1 fully saturated rings. The van der Waals surface area contributed by atoms with E-state index in [-0.39, 0.29) is 24.1 Å². The van der Waals surface area contributed by atoms with Gasteiger partial charge in [0.2, 0.25) is 5.91 Å². The summed E-state index contributed by atoms with van der Waals surface area (Å²) in [6.45, 7) is 5.57. The van der Waals surface area contributed by atoms with Gasteiger partial charge in [-0.3, -0.25) is 4.79 Å². The average molecular weight is 294 g/mol. The molecule has 0 aromatic carbocycles. The highest BCUT2D eigenvalue weighted by Gasteiger charge is 2.34. The van der Waals surface area contributed by atoms with Gasteiger partial charge in [0.15, 0.2) is 5.69 Å². The molecule has 1 aliphatic carbocycles. The number of carbonyl (C=O) groups excluding carboxylic acids is 1. The van der Waals surface area contributed by atoms with Crippen LogP contribution in [0.25, 0.3) is 0 Å². The highest BCUT2D eigenvalue weighted by Crippen LogP contribution is 2.41. The van der Waals surface area contributed by atoms with Crippen LogP contribution in [0, 0.1) is 0 Å². The molecule has 1 aromatic rings. The molecular weight excluding hydrogens is 272 g/mol. The van der Waals surface area contributed by atoms with E-state index in [4.69, 9.17) is 5.11 Å². The molecule has 0 spiro atoms. The Morgan fingerprint density at radius 2 is 1.90 bits per heavy atom. The van der Waals surface area contributed by atoms with E-state index in [0.29, 0.717) is 18.8 Å². The third kappa shape index (κ3) is 3.59. The SMILES string of the molecule is CCCN(CCC)C(=O)Cn1nnc(C(=O)O)c1C1CC1. The summed E-state index contributed by atoms with van der Waals surface area (Å²) in [5.41, 5.74) is 0.589. The van der Waals surface area contributed by atoms with Crippen molar-refractivity contribution in [3.05, 3.63) is 11.4 Å². The normalized spacial score (nSPS) is 14.2. The molecule has 0 unspecified atom stereocenters. The summed E-state index contributed by atoms with van der Waals surface area (Å²) >= 11 is 0. The monoisotopic (exact) mass is 294 g/mol. The molecule has 0 atom stereocenters. The first-order chi connectivity index (χ1) is 10.1. The topological polar surface area (TPSA) is 88.3 Å². The van der Waals surface area contributed by atoms with Crippen LogP contribution in [-0.2, 0) is 11.3 Å². The molecule has 0 radical (unpaired) electrons. The van der Waals surface area contributed by atoms with Gasteiger partial charge in [0.05, 0.1) is 5.69 Å². The molecular formula is C14H22N4O3. The van der Waals surface area contributed by atoms with Gasteiger partial charge in [0.1, 0.15) is 6.54 Å². The van der Waals surface area contributed by atoms with Crippen molar-refractivity contribution >= 4 is 11.9 Å². The van der Waals surface area contributed by atoms with Gasteiger partial charge >= 0.3 is 5.97 Å². The van der Waals surface area contributed by atoms with Crippen LogP contribution in [0.3, 0.4) is 0 Å². The van der Waals surface area contributed by atoms with Crippen LogP contribution in [0.2, 0.25) is 0 Å². The molecule has 1 amide bonds. The summed E-state index contributed by atoms with van der Waals surface area (Å²) in [7, 11) is 0. The number of nitrogens with zero attached hydrogens (tertiary/aromatic N) is 4. The van der Waals surface area contributed by atoms with Crippen molar-refractivity contribution in [2.24, 2.45) is 0 Å². The maximum atomic E-state index is 12.4. The second-order valence-corrected chi connectivity index (χ2v) is 5.44. The number of carbonyl (C=O) groups is 2. The van der Waals surface area contributed by atoms with Crippen LogP contribution in [0.4, 0.5) is 0 Å². The number of carboxylic acid groups (broad SMARTS) is 1. The summed E-state index contributed by atoms with van der Waals surface area (Å²) in [5, 5.41) is 16.8. The van der Waals surface area contributed by atoms with Crippen LogP contribution in [0.15, 0.2) is 0 Å². The van der Waals surface area contributed by atoms with Crippen molar-refractivity contribution < 1.29 is 14.7 Å². The number of aromatic nitrogens is 3. The van der Waals surface area contributed by atoms with Gasteiger partial charge in [-0.1, -0.05) is 19.1 Å². The second kappa shape index (κ2) is 6.69. The Labute approximate surface area is 123 Å². The fourth-order valence-electron chi connectivity index (χ4n) is 2.48. The molecule has 0 aliphatic heterocycles. The lowest BCUT2D eigenvalue weighted by atomic mass is 10.2. The van der Waals surface area contributed by atoms with Gasteiger partial charge in [-0.2, -0.15) is 0 Å². The van der Waals surface area contributed by atoms with Crippen molar-refractivity contribution in [1.82, 2.24) is 19.9 Å². The zero-order valence-corrected chi connectivity index (χ0v) is 12.6. The van der Waals surface area contributed by atoms with Crippen LogP contribution in [0.1, 0.15) is 61.6 Å². The molecule has 21 heavy (non-hydrogen) atoms. The summed E-state index contributed by atoms with van der Waals surface area (Å²) in [4.78, 5) is 25.3. The van der Waals surface area contributed by atoms with Crippen molar-refractivity contribution in [2.45, 2.75) is 52.0 Å². The lowest BCUT2D eigenvalue weighted by molar-refractivity contribution is -0.132. The van der Waals surface area contributed by atoms with Crippen LogP contribution < -0.4 is 0 Å². The van der Waals surface area contributed by atoms with Gasteiger partial charge in [0, 0.05) is 19.0 Å². The number of carboxylic acids is 1. The van der Waals surface area contributed by atoms with E-state index in [1.807, 2.05) is 13.8 Å². The summed E-state index contributed by atoms with van der Waals surface area (Å²) in [6, 6.07) is 0. The van der Waals surface area contributed by atoms with E-state index in [1.165, 1.54) is 4.68 Å². The van der Waals surface area contributed by atoms with Crippen LogP contribution in [-0.4, -0.2) is 50.0 Å². The molecule has 0 bridgehead atoms. The number of aromatic carboxylic acids is 1. The summed E-state index contributed by atoms with van der Waals surface area (Å²) in [5.74, 6) is -0.915. The van der Waals surface area contributed by atoms with Crippen molar-refractivity contribution in [2.75, 3.05) is 13.1 Å². The minimum Gasteiger partial charge on any atom is -0.476 e. The Morgan fingerprint density at radius 1 is 1.29 bits per heavy atom. The molecule has 116 valence electrons. The lowest BCUT2D eigenvalue weighted by Gasteiger charge is -2.21. The zero-order valence-electron chi connectivity index (χ0n) is 12.6. The molecule has 7 nitrogen and oxygen atoms in total. The summed E-state index contributed by atoms with van der Waals surface area (Å²) in [6.07, 6.45) is 3.68. The number of hydrogen-bond acceptors (Lipinski definition) is 4. The Morgan fingerprint density at radius 3 is 2.38 bits per heavy atom. The molecule has 2 rings (SSSR count). The van der Waals surface area contributed by atoms with E-state index in [2.05, 4.69) is 10.3 Å². The number of hydrogen-bond donors (Lipinski definition) is 1. The van der Waals surface area contributed by atoms with E-state index in [9.17, 15) is 9.59 Å². The average Bonchev–Trinajstić information content (AvgIpc) is 3.19. The smallest absolute Gasteiger partial charge is 0.358 e. The third-order valence-electron chi connectivity index (χ3n) is 3.56. The van der Waals surface area contributed by atoms with E-state index >= 15 is 0 Å². The number of amides is 1. The van der Waals surface area contributed by atoms with Gasteiger partial charge in [-0.05, 0) is 25.7 Å². The van der Waals surface area contributed by atoms with Gasteiger partial charge in [0.25, 0.3) is 0 Å². The minimum atomic E-state index is -1.07. The van der Waals surface area contributed by atoms with Crippen molar-refractivity contribution in [1.29, 1.82) is 0 Å².